The average Bonchev–Trinajstić information content (AvgIpc) is 3.11. The van der Waals surface area contributed by atoms with Gasteiger partial charge >= 0.3 is 0 Å². The highest BCUT2D eigenvalue weighted by Gasteiger charge is 2.10. The molecule has 4 rings (SSSR count). The quantitative estimate of drug-likeness (QED) is 0.560. The van der Waals surface area contributed by atoms with Gasteiger partial charge in [0.1, 0.15) is 0 Å². The lowest BCUT2D eigenvalue weighted by molar-refractivity contribution is 0.863. The van der Waals surface area contributed by atoms with Crippen molar-refractivity contribution in [2.24, 2.45) is 0 Å². The largest absolute Gasteiger partial charge is 0.354 e. The molecule has 1 N–H and O–H groups in total. The van der Waals surface area contributed by atoms with Crippen molar-refractivity contribution in [3.63, 3.8) is 0 Å². The summed E-state index contributed by atoms with van der Waals surface area (Å²) in [6, 6.07) is 22.4. The molecule has 2 heterocycles. The molecule has 0 atom stereocenters. The molecule has 0 spiro atoms. The molecule has 134 valence electrons. The molecule has 0 fully saturated rings. The molecule has 0 radical (unpaired) electrons. The first-order chi connectivity index (χ1) is 13.3. The fraction of sp³-hybridized carbons (Fsp3) is 0.136. The van der Waals surface area contributed by atoms with Crippen molar-refractivity contribution in [3.05, 3.63) is 90.4 Å². The SMILES string of the molecule is Cc1nn(-c2ccccc2)cc1-c1ccnc(NCCc2ccccc2)n1. The highest BCUT2D eigenvalue weighted by atomic mass is 15.3. The van der Waals surface area contributed by atoms with Gasteiger partial charge in [0.15, 0.2) is 0 Å². The van der Waals surface area contributed by atoms with Crippen LogP contribution in [0, 0.1) is 6.92 Å². The van der Waals surface area contributed by atoms with Gasteiger partial charge in [0.2, 0.25) is 5.95 Å². The monoisotopic (exact) mass is 355 g/mol. The van der Waals surface area contributed by atoms with Crippen molar-refractivity contribution in [2.45, 2.75) is 13.3 Å². The molecule has 0 aliphatic rings. The maximum atomic E-state index is 4.67. The zero-order valence-electron chi connectivity index (χ0n) is 15.2. The predicted octanol–water partition coefficient (Wildman–Crippen LogP) is 4.29. The Morgan fingerprint density at radius 2 is 1.67 bits per heavy atom. The van der Waals surface area contributed by atoms with Crippen LogP contribution >= 0.6 is 0 Å². The number of aryl methyl sites for hydroxylation is 1. The van der Waals surface area contributed by atoms with E-state index in [1.807, 2.05) is 60.3 Å². The molecule has 0 unspecified atom stereocenters. The Morgan fingerprint density at radius 3 is 2.44 bits per heavy atom. The van der Waals surface area contributed by atoms with Crippen molar-refractivity contribution in [1.82, 2.24) is 19.7 Å². The van der Waals surface area contributed by atoms with Crippen LogP contribution in [0.3, 0.4) is 0 Å². The summed E-state index contributed by atoms with van der Waals surface area (Å²) >= 11 is 0. The van der Waals surface area contributed by atoms with Crippen molar-refractivity contribution in [3.8, 4) is 16.9 Å². The van der Waals surface area contributed by atoms with Crippen LogP contribution in [0.4, 0.5) is 5.95 Å². The second-order valence-electron chi connectivity index (χ2n) is 6.34. The fourth-order valence-corrected chi connectivity index (χ4v) is 2.98. The second kappa shape index (κ2) is 7.83. The molecule has 0 aliphatic heterocycles. The van der Waals surface area contributed by atoms with Crippen molar-refractivity contribution in [1.29, 1.82) is 0 Å². The topological polar surface area (TPSA) is 55.6 Å². The van der Waals surface area contributed by atoms with Crippen LogP contribution in [0.2, 0.25) is 0 Å². The van der Waals surface area contributed by atoms with E-state index in [9.17, 15) is 0 Å². The van der Waals surface area contributed by atoms with Crippen LogP contribution in [-0.4, -0.2) is 26.3 Å². The Hall–Kier alpha value is -3.47. The van der Waals surface area contributed by atoms with Crippen LogP contribution in [0.15, 0.2) is 79.1 Å². The maximum absolute atomic E-state index is 4.67. The third-order valence-corrected chi connectivity index (χ3v) is 4.39. The smallest absolute Gasteiger partial charge is 0.223 e. The number of hydrogen-bond acceptors (Lipinski definition) is 4. The van der Waals surface area contributed by atoms with Gasteiger partial charge < -0.3 is 5.32 Å². The molecule has 5 heteroatoms. The van der Waals surface area contributed by atoms with Gasteiger partial charge in [-0.05, 0) is 37.1 Å². The molecule has 0 saturated carbocycles. The van der Waals surface area contributed by atoms with E-state index >= 15 is 0 Å². The summed E-state index contributed by atoms with van der Waals surface area (Å²) in [5, 5.41) is 7.94. The number of nitrogens with zero attached hydrogens (tertiary/aromatic N) is 4. The minimum absolute atomic E-state index is 0.635. The van der Waals surface area contributed by atoms with Crippen molar-refractivity contribution in [2.75, 3.05) is 11.9 Å². The molecule has 0 aliphatic carbocycles. The molecule has 5 nitrogen and oxygen atoms in total. The number of rotatable bonds is 6. The number of hydrogen-bond donors (Lipinski definition) is 1. The molecule has 4 aromatic rings. The van der Waals surface area contributed by atoms with Crippen molar-refractivity contribution < 1.29 is 0 Å². The minimum Gasteiger partial charge on any atom is -0.354 e. The van der Waals surface area contributed by atoms with Crippen LogP contribution < -0.4 is 5.32 Å². The van der Waals surface area contributed by atoms with Gasteiger partial charge in [-0.2, -0.15) is 5.10 Å². The van der Waals surface area contributed by atoms with E-state index in [-0.39, 0.29) is 0 Å². The van der Waals surface area contributed by atoms with E-state index in [0.29, 0.717) is 5.95 Å². The summed E-state index contributed by atoms with van der Waals surface area (Å²) in [5.74, 6) is 0.635. The zero-order valence-corrected chi connectivity index (χ0v) is 15.2. The first-order valence-corrected chi connectivity index (χ1v) is 9.02. The van der Waals surface area contributed by atoms with Gasteiger partial charge in [-0.15, -0.1) is 0 Å². The first kappa shape index (κ1) is 17.0. The fourth-order valence-electron chi connectivity index (χ4n) is 2.98. The lowest BCUT2D eigenvalue weighted by Crippen LogP contribution is -2.08. The Bertz CT molecular complexity index is 1010. The van der Waals surface area contributed by atoms with E-state index in [1.165, 1.54) is 5.56 Å². The summed E-state index contributed by atoms with van der Waals surface area (Å²) in [7, 11) is 0. The predicted molar refractivity (Wildman–Crippen MR) is 108 cm³/mol. The van der Waals surface area contributed by atoms with Gasteiger partial charge in [-0.3, -0.25) is 0 Å². The molecule has 27 heavy (non-hydrogen) atoms. The highest BCUT2D eigenvalue weighted by Crippen LogP contribution is 2.22. The van der Waals surface area contributed by atoms with Crippen LogP contribution in [-0.2, 0) is 6.42 Å². The molecule has 2 aromatic carbocycles. The summed E-state index contributed by atoms with van der Waals surface area (Å²) in [4.78, 5) is 9.01. The molecule has 0 amide bonds. The van der Waals surface area contributed by atoms with E-state index in [0.717, 1.165) is 35.6 Å². The number of para-hydroxylation sites is 1. The van der Waals surface area contributed by atoms with E-state index in [2.05, 4.69) is 44.6 Å². The number of anilines is 1. The van der Waals surface area contributed by atoms with Gasteiger partial charge in [0, 0.05) is 24.5 Å². The molecule has 0 bridgehead atoms. The van der Waals surface area contributed by atoms with Gasteiger partial charge in [0.25, 0.3) is 0 Å². The summed E-state index contributed by atoms with van der Waals surface area (Å²) in [6.45, 7) is 2.79. The highest BCUT2D eigenvalue weighted by molar-refractivity contribution is 5.62. The average molecular weight is 355 g/mol. The van der Waals surface area contributed by atoms with E-state index < -0.39 is 0 Å². The van der Waals surface area contributed by atoms with E-state index in [1.54, 1.807) is 6.20 Å². The Morgan fingerprint density at radius 1 is 0.926 bits per heavy atom. The minimum atomic E-state index is 0.635. The summed E-state index contributed by atoms with van der Waals surface area (Å²) in [6.07, 6.45) is 4.73. The lowest BCUT2D eigenvalue weighted by atomic mass is 10.1. The molecular weight excluding hydrogens is 334 g/mol. The zero-order chi connectivity index (χ0) is 18.5. The molecule has 2 aromatic heterocycles. The maximum Gasteiger partial charge on any atom is 0.223 e. The normalized spacial score (nSPS) is 10.7. The molecular formula is C22H21N5. The number of aromatic nitrogens is 4. The second-order valence-corrected chi connectivity index (χ2v) is 6.34. The summed E-state index contributed by atoms with van der Waals surface area (Å²) in [5.41, 5.74) is 5.13. The number of nitrogens with one attached hydrogen (secondary N) is 1. The van der Waals surface area contributed by atoms with Crippen molar-refractivity contribution >= 4 is 5.95 Å². The third kappa shape index (κ3) is 4.03. The van der Waals surface area contributed by atoms with E-state index in [4.69, 9.17) is 0 Å². The molecule has 0 saturated heterocycles. The Kier molecular flexibility index (Phi) is 4.92. The lowest BCUT2D eigenvalue weighted by Gasteiger charge is -2.06. The van der Waals surface area contributed by atoms with Crippen LogP contribution in [0.25, 0.3) is 16.9 Å². The van der Waals surface area contributed by atoms with Gasteiger partial charge in [-0.1, -0.05) is 48.5 Å². The third-order valence-electron chi connectivity index (χ3n) is 4.39. The van der Waals surface area contributed by atoms with Gasteiger partial charge in [-0.25, -0.2) is 14.6 Å². The number of benzene rings is 2. The first-order valence-electron chi connectivity index (χ1n) is 9.02. The Labute approximate surface area is 158 Å². The Balaban J connectivity index is 1.50. The van der Waals surface area contributed by atoms with Crippen LogP contribution in [0.1, 0.15) is 11.3 Å². The summed E-state index contributed by atoms with van der Waals surface area (Å²) < 4.78 is 1.88. The standard InChI is InChI=1S/C22H21N5/c1-17-20(16-27(26-17)19-10-6-3-7-11-19)21-13-15-24-22(25-21)23-14-12-18-8-4-2-5-9-18/h2-11,13,15-16H,12,14H2,1H3,(H,23,24,25). The van der Waals surface area contributed by atoms with Crippen LogP contribution in [0.5, 0.6) is 0 Å². The van der Waals surface area contributed by atoms with Gasteiger partial charge in [0.05, 0.1) is 17.1 Å².